The maximum atomic E-state index is 11.9. The number of nitrogens with zero attached hydrogens (tertiary/aromatic N) is 1. The van der Waals surface area contributed by atoms with Gasteiger partial charge in [0.15, 0.2) is 5.96 Å². The van der Waals surface area contributed by atoms with Crippen molar-refractivity contribution in [2.75, 3.05) is 26.8 Å². The average molecular weight is 552 g/mol. The van der Waals surface area contributed by atoms with E-state index in [1.54, 1.807) is 7.05 Å². The second kappa shape index (κ2) is 13.3. The Morgan fingerprint density at radius 2 is 1.88 bits per heavy atom. The zero-order chi connectivity index (χ0) is 22.1. The maximum absolute atomic E-state index is 11.9. The Balaban J connectivity index is 0.00000363. The minimum atomic E-state index is -0.0558. The molecule has 0 spiro atoms. The van der Waals surface area contributed by atoms with E-state index in [4.69, 9.17) is 9.47 Å². The number of hydrogen-bond donors (Lipinski definition) is 3. The van der Waals surface area contributed by atoms with Crippen molar-refractivity contribution >= 4 is 35.8 Å². The summed E-state index contributed by atoms with van der Waals surface area (Å²) in [6.45, 7) is 7.18. The van der Waals surface area contributed by atoms with E-state index in [-0.39, 0.29) is 36.0 Å². The van der Waals surface area contributed by atoms with Crippen LogP contribution in [0.3, 0.4) is 0 Å². The number of halogens is 1. The number of rotatable bonds is 8. The minimum Gasteiger partial charge on any atom is -0.488 e. The van der Waals surface area contributed by atoms with E-state index in [0.717, 1.165) is 35.5 Å². The highest BCUT2D eigenvalue weighted by molar-refractivity contribution is 14.0. The topological polar surface area (TPSA) is 84.0 Å². The molecule has 0 aromatic heterocycles. The molecule has 8 heteroatoms. The van der Waals surface area contributed by atoms with Crippen molar-refractivity contribution in [3.05, 3.63) is 64.7 Å². The lowest BCUT2D eigenvalue weighted by Crippen LogP contribution is -2.36. The number of nitrogens with one attached hydrogen (secondary N) is 3. The second-order valence-electron chi connectivity index (χ2n) is 7.55. The van der Waals surface area contributed by atoms with Gasteiger partial charge in [-0.1, -0.05) is 24.3 Å². The van der Waals surface area contributed by atoms with Gasteiger partial charge in [0.1, 0.15) is 11.9 Å². The predicted molar refractivity (Wildman–Crippen MR) is 138 cm³/mol. The minimum absolute atomic E-state index is 0. The van der Waals surface area contributed by atoms with Crippen LogP contribution in [-0.2, 0) is 17.8 Å². The lowest BCUT2D eigenvalue weighted by atomic mass is 10.1. The van der Waals surface area contributed by atoms with E-state index in [1.165, 1.54) is 0 Å². The molecule has 1 amide bonds. The van der Waals surface area contributed by atoms with Gasteiger partial charge in [-0.05, 0) is 43.2 Å². The van der Waals surface area contributed by atoms with Crippen LogP contribution in [0.1, 0.15) is 40.4 Å². The molecule has 7 nitrogen and oxygen atoms in total. The lowest BCUT2D eigenvalue weighted by molar-refractivity contribution is 0.0956. The molecule has 1 unspecified atom stereocenters. The monoisotopic (exact) mass is 552 g/mol. The summed E-state index contributed by atoms with van der Waals surface area (Å²) in [6.07, 6.45) is 1.03. The van der Waals surface area contributed by atoms with E-state index in [2.05, 4.69) is 46.1 Å². The number of guanidine groups is 1. The van der Waals surface area contributed by atoms with Gasteiger partial charge >= 0.3 is 0 Å². The molecule has 0 aliphatic carbocycles. The smallest absolute Gasteiger partial charge is 0.251 e. The van der Waals surface area contributed by atoms with Crippen LogP contribution in [0.2, 0.25) is 0 Å². The molecule has 3 N–H and O–H groups in total. The van der Waals surface area contributed by atoms with Crippen molar-refractivity contribution in [2.45, 2.75) is 39.5 Å². The van der Waals surface area contributed by atoms with Crippen molar-refractivity contribution in [3.63, 3.8) is 0 Å². The summed E-state index contributed by atoms with van der Waals surface area (Å²) < 4.78 is 11.6. The maximum Gasteiger partial charge on any atom is 0.251 e. The normalized spacial score (nSPS) is 15.6. The molecule has 1 heterocycles. The van der Waals surface area contributed by atoms with E-state index < -0.39 is 0 Å². The summed E-state index contributed by atoms with van der Waals surface area (Å²) >= 11 is 0. The SMILES string of the molecule is CCNC(=O)c1ccc(CNC(=NC)NCc2ccc(C)cc2OC2CCOC2)cc1.I. The van der Waals surface area contributed by atoms with Gasteiger partial charge in [0, 0.05) is 44.2 Å². The summed E-state index contributed by atoms with van der Waals surface area (Å²) in [5.74, 6) is 1.53. The number of aliphatic imine (C=N–C) groups is 1. The highest BCUT2D eigenvalue weighted by Gasteiger charge is 2.18. The number of carbonyl (C=O) groups excluding carboxylic acids is 1. The Hall–Kier alpha value is -2.33. The predicted octanol–water partition coefficient (Wildman–Crippen LogP) is 3.40. The highest BCUT2D eigenvalue weighted by atomic mass is 127. The molecule has 0 bridgehead atoms. The molecule has 1 saturated heterocycles. The van der Waals surface area contributed by atoms with Gasteiger partial charge in [-0.2, -0.15) is 0 Å². The van der Waals surface area contributed by atoms with E-state index >= 15 is 0 Å². The summed E-state index contributed by atoms with van der Waals surface area (Å²) in [7, 11) is 1.75. The molecule has 174 valence electrons. The number of amides is 1. The fourth-order valence-corrected chi connectivity index (χ4v) is 3.32. The number of hydrogen-bond acceptors (Lipinski definition) is 4. The third-order valence-corrected chi connectivity index (χ3v) is 5.09. The Bertz CT molecular complexity index is 897. The Morgan fingerprint density at radius 3 is 2.53 bits per heavy atom. The van der Waals surface area contributed by atoms with Crippen molar-refractivity contribution in [3.8, 4) is 5.75 Å². The molecule has 0 saturated carbocycles. The molecule has 0 radical (unpaired) electrons. The molecular weight excluding hydrogens is 519 g/mol. The molecule has 2 aromatic carbocycles. The van der Waals surface area contributed by atoms with Crippen LogP contribution >= 0.6 is 24.0 Å². The van der Waals surface area contributed by atoms with Gasteiger partial charge in [-0.15, -0.1) is 24.0 Å². The van der Waals surface area contributed by atoms with Gasteiger partial charge in [-0.3, -0.25) is 9.79 Å². The first-order valence-electron chi connectivity index (χ1n) is 10.7. The van der Waals surface area contributed by atoms with Crippen LogP contribution in [0.4, 0.5) is 0 Å². The van der Waals surface area contributed by atoms with Gasteiger partial charge in [0.2, 0.25) is 0 Å². The number of carbonyl (C=O) groups is 1. The zero-order valence-electron chi connectivity index (χ0n) is 18.9. The molecule has 1 aliphatic rings. The summed E-state index contributed by atoms with van der Waals surface area (Å²) in [5, 5.41) is 9.46. The first-order valence-corrected chi connectivity index (χ1v) is 10.7. The number of benzene rings is 2. The quantitative estimate of drug-likeness (QED) is 0.266. The summed E-state index contributed by atoms with van der Waals surface area (Å²) in [4.78, 5) is 16.2. The van der Waals surface area contributed by atoms with E-state index in [9.17, 15) is 4.79 Å². The fraction of sp³-hybridized carbons (Fsp3) is 0.417. The van der Waals surface area contributed by atoms with Crippen LogP contribution < -0.4 is 20.7 Å². The molecule has 1 aliphatic heterocycles. The van der Waals surface area contributed by atoms with Crippen molar-refractivity contribution in [2.24, 2.45) is 4.99 Å². The molecule has 1 atom stereocenters. The average Bonchev–Trinajstić information content (AvgIpc) is 3.28. The third-order valence-electron chi connectivity index (χ3n) is 5.09. The molecule has 3 rings (SSSR count). The number of aryl methyl sites for hydroxylation is 1. The van der Waals surface area contributed by atoms with Crippen LogP contribution in [0, 0.1) is 6.92 Å². The van der Waals surface area contributed by atoms with Gasteiger partial charge < -0.3 is 25.4 Å². The van der Waals surface area contributed by atoms with Crippen molar-refractivity contribution < 1.29 is 14.3 Å². The lowest BCUT2D eigenvalue weighted by Gasteiger charge is -2.18. The van der Waals surface area contributed by atoms with E-state index in [1.807, 2.05) is 31.2 Å². The largest absolute Gasteiger partial charge is 0.488 e. The third kappa shape index (κ3) is 7.67. The fourth-order valence-electron chi connectivity index (χ4n) is 3.32. The first kappa shape index (κ1) is 25.9. The summed E-state index contributed by atoms with van der Waals surface area (Å²) in [5.41, 5.74) is 3.97. The van der Waals surface area contributed by atoms with Crippen molar-refractivity contribution in [1.29, 1.82) is 0 Å². The molecule has 2 aromatic rings. The molecule has 32 heavy (non-hydrogen) atoms. The standard InChI is InChI=1S/C24H32N4O3.HI/c1-4-26-23(29)19-9-6-18(7-10-19)14-27-24(25-3)28-15-20-8-5-17(2)13-22(20)31-21-11-12-30-16-21;/h5-10,13,21H,4,11-12,14-16H2,1-3H3,(H,26,29)(H2,25,27,28);1H. The number of ether oxygens (including phenoxy) is 2. The Labute approximate surface area is 207 Å². The van der Waals surface area contributed by atoms with E-state index in [0.29, 0.717) is 37.8 Å². The van der Waals surface area contributed by atoms with Crippen LogP contribution in [0.5, 0.6) is 5.75 Å². The molecular formula is C24H33IN4O3. The zero-order valence-corrected chi connectivity index (χ0v) is 21.3. The second-order valence-corrected chi connectivity index (χ2v) is 7.55. The van der Waals surface area contributed by atoms with Crippen LogP contribution in [-0.4, -0.2) is 44.8 Å². The first-order chi connectivity index (χ1) is 15.1. The van der Waals surface area contributed by atoms with Crippen LogP contribution in [0.25, 0.3) is 0 Å². The highest BCUT2D eigenvalue weighted by Crippen LogP contribution is 2.23. The Morgan fingerprint density at radius 1 is 1.12 bits per heavy atom. The van der Waals surface area contributed by atoms with Gasteiger partial charge in [-0.25, -0.2) is 0 Å². The Kier molecular flexibility index (Phi) is 10.8. The molecule has 1 fully saturated rings. The van der Waals surface area contributed by atoms with Gasteiger partial charge in [0.05, 0.1) is 13.2 Å². The van der Waals surface area contributed by atoms with Crippen LogP contribution in [0.15, 0.2) is 47.5 Å². The summed E-state index contributed by atoms with van der Waals surface area (Å²) in [6, 6.07) is 13.8. The van der Waals surface area contributed by atoms with Gasteiger partial charge in [0.25, 0.3) is 5.91 Å². The van der Waals surface area contributed by atoms with Crippen molar-refractivity contribution in [1.82, 2.24) is 16.0 Å².